The van der Waals surface area contributed by atoms with Gasteiger partial charge in [0.15, 0.2) is 0 Å². The van der Waals surface area contributed by atoms with Gasteiger partial charge in [-0.05, 0) is 18.2 Å². The van der Waals surface area contributed by atoms with Crippen molar-refractivity contribution in [3.63, 3.8) is 0 Å². The number of nitrogens with one attached hydrogen (secondary N) is 2. The van der Waals surface area contributed by atoms with Gasteiger partial charge in [-0.1, -0.05) is 36.4 Å². The smallest absolute Gasteiger partial charge is 0.253 e. The summed E-state index contributed by atoms with van der Waals surface area (Å²) in [6.45, 7) is 0.908. The van der Waals surface area contributed by atoms with Crippen molar-refractivity contribution in [1.29, 1.82) is 0 Å². The van der Waals surface area contributed by atoms with Crippen molar-refractivity contribution in [2.45, 2.75) is 0 Å². The van der Waals surface area contributed by atoms with Crippen molar-refractivity contribution in [2.24, 2.45) is 0 Å². The zero-order chi connectivity index (χ0) is 14.5. The predicted octanol–water partition coefficient (Wildman–Crippen LogP) is 2.98. The normalized spacial score (nSPS) is 10.5. The van der Waals surface area contributed by atoms with Gasteiger partial charge >= 0.3 is 0 Å². The molecule has 0 fully saturated rings. The van der Waals surface area contributed by atoms with Gasteiger partial charge in [0.05, 0.1) is 12.1 Å². The molecule has 3 aromatic rings. The van der Waals surface area contributed by atoms with Gasteiger partial charge in [0.2, 0.25) is 0 Å². The molecule has 0 aliphatic rings. The third-order valence-electron chi connectivity index (χ3n) is 3.23. The SMILES string of the molecule is O=C(NCCOc1ccccc1)c1c[nH]c2ccccc12. The number of H-pyrrole nitrogens is 1. The van der Waals surface area contributed by atoms with Crippen LogP contribution < -0.4 is 10.1 Å². The van der Waals surface area contributed by atoms with Crippen LogP contribution in [-0.4, -0.2) is 24.0 Å². The van der Waals surface area contributed by atoms with Crippen molar-refractivity contribution in [1.82, 2.24) is 10.3 Å². The first-order chi connectivity index (χ1) is 10.3. The largest absolute Gasteiger partial charge is 0.492 e. The van der Waals surface area contributed by atoms with Gasteiger partial charge in [-0.2, -0.15) is 0 Å². The monoisotopic (exact) mass is 280 g/mol. The number of rotatable bonds is 5. The topological polar surface area (TPSA) is 54.1 Å². The maximum atomic E-state index is 12.1. The van der Waals surface area contributed by atoms with Crippen molar-refractivity contribution in [3.05, 3.63) is 66.4 Å². The first-order valence-electron chi connectivity index (χ1n) is 6.87. The molecule has 0 bridgehead atoms. The highest BCUT2D eigenvalue weighted by Crippen LogP contribution is 2.17. The second-order valence-corrected chi connectivity index (χ2v) is 4.67. The molecule has 2 N–H and O–H groups in total. The molecule has 0 saturated carbocycles. The second-order valence-electron chi connectivity index (χ2n) is 4.67. The number of benzene rings is 2. The number of aromatic amines is 1. The molecule has 2 aromatic carbocycles. The number of carbonyl (C=O) groups is 1. The van der Waals surface area contributed by atoms with E-state index in [4.69, 9.17) is 4.74 Å². The minimum atomic E-state index is -0.0934. The van der Waals surface area contributed by atoms with Gasteiger partial charge in [-0.3, -0.25) is 4.79 Å². The minimum Gasteiger partial charge on any atom is -0.492 e. The van der Waals surface area contributed by atoms with Crippen LogP contribution in [0.1, 0.15) is 10.4 Å². The molecular formula is C17H16N2O2. The Kier molecular flexibility index (Phi) is 3.87. The van der Waals surface area contributed by atoms with Crippen molar-refractivity contribution < 1.29 is 9.53 Å². The van der Waals surface area contributed by atoms with Crippen LogP contribution in [0.3, 0.4) is 0 Å². The lowest BCUT2D eigenvalue weighted by Crippen LogP contribution is -2.27. The van der Waals surface area contributed by atoms with Crippen molar-refractivity contribution in [3.8, 4) is 5.75 Å². The standard InChI is InChI=1S/C17H16N2O2/c20-17(15-12-19-16-9-5-4-8-14(15)16)18-10-11-21-13-6-2-1-3-7-13/h1-9,12,19H,10-11H2,(H,18,20). The summed E-state index contributed by atoms with van der Waals surface area (Å²) in [5.41, 5.74) is 1.62. The van der Waals surface area contributed by atoms with Gasteiger partial charge in [-0.25, -0.2) is 0 Å². The molecule has 0 aliphatic heterocycles. The van der Waals surface area contributed by atoms with E-state index in [-0.39, 0.29) is 5.91 Å². The number of fused-ring (bicyclic) bond motifs is 1. The quantitative estimate of drug-likeness (QED) is 0.706. The van der Waals surface area contributed by atoms with Crippen LogP contribution in [0.4, 0.5) is 0 Å². The van der Waals surface area contributed by atoms with Crippen LogP contribution in [0.2, 0.25) is 0 Å². The second kappa shape index (κ2) is 6.13. The van der Waals surface area contributed by atoms with Crippen molar-refractivity contribution in [2.75, 3.05) is 13.2 Å². The summed E-state index contributed by atoms with van der Waals surface area (Å²) in [5.74, 6) is 0.711. The lowest BCUT2D eigenvalue weighted by molar-refractivity contribution is 0.0948. The van der Waals surface area contributed by atoms with Gasteiger partial charge < -0.3 is 15.0 Å². The Morgan fingerprint density at radius 2 is 1.81 bits per heavy atom. The highest BCUT2D eigenvalue weighted by Gasteiger charge is 2.10. The Balaban J connectivity index is 1.55. The Labute approximate surface area is 122 Å². The van der Waals surface area contributed by atoms with Gasteiger partial charge in [0.25, 0.3) is 5.91 Å². The van der Waals surface area contributed by atoms with Crippen LogP contribution in [-0.2, 0) is 0 Å². The van der Waals surface area contributed by atoms with Crippen LogP contribution in [0, 0.1) is 0 Å². The number of aromatic nitrogens is 1. The van der Waals surface area contributed by atoms with Crippen molar-refractivity contribution >= 4 is 16.8 Å². The molecule has 0 spiro atoms. The average Bonchev–Trinajstić information content (AvgIpc) is 2.96. The van der Waals surface area contributed by atoms with Crippen LogP contribution in [0.15, 0.2) is 60.8 Å². The summed E-state index contributed by atoms with van der Waals surface area (Å²) < 4.78 is 5.54. The first kappa shape index (κ1) is 13.2. The Bertz CT molecular complexity index is 735. The molecule has 3 rings (SSSR count). The highest BCUT2D eigenvalue weighted by molar-refractivity contribution is 6.06. The molecule has 0 radical (unpaired) electrons. The van der Waals surface area contributed by atoms with E-state index in [2.05, 4.69) is 10.3 Å². The fourth-order valence-electron chi connectivity index (χ4n) is 2.20. The maximum Gasteiger partial charge on any atom is 0.253 e. The summed E-state index contributed by atoms with van der Waals surface area (Å²) in [4.78, 5) is 15.2. The molecule has 0 saturated heterocycles. The van der Waals surface area contributed by atoms with E-state index in [0.717, 1.165) is 16.7 Å². The van der Waals surface area contributed by atoms with E-state index in [9.17, 15) is 4.79 Å². The van der Waals surface area contributed by atoms with Gasteiger partial charge in [0.1, 0.15) is 12.4 Å². The average molecular weight is 280 g/mol. The lowest BCUT2D eigenvalue weighted by Gasteiger charge is -2.07. The molecule has 1 aromatic heterocycles. The van der Waals surface area contributed by atoms with Crippen LogP contribution in [0.25, 0.3) is 10.9 Å². The molecule has 106 valence electrons. The molecular weight excluding hydrogens is 264 g/mol. The first-order valence-corrected chi connectivity index (χ1v) is 6.87. The van der Waals surface area contributed by atoms with Gasteiger partial charge in [-0.15, -0.1) is 0 Å². The number of amides is 1. The molecule has 0 atom stereocenters. The summed E-state index contributed by atoms with van der Waals surface area (Å²) in [6.07, 6.45) is 1.73. The maximum absolute atomic E-state index is 12.1. The number of carbonyl (C=O) groups excluding carboxylic acids is 1. The summed E-state index contributed by atoms with van der Waals surface area (Å²) in [5, 5.41) is 3.79. The molecule has 4 nitrogen and oxygen atoms in total. The van der Waals surface area contributed by atoms with Crippen LogP contribution >= 0.6 is 0 Å². The number of hydrogen-bond acceptors (Lipinski definition) is 2. The molecule has 0 aliphatic carbocycles. The Morgan fingerprint density at radius 3 is 2.67 bits per heavy atom. The number of para-hydroxylation sites is 2. The fourth-order valence-corrected chi connectivity index (χ4v) is 2.20. The van der Waals surface area contributed by atoms with Crippen LogP contribution in [0.5, 0.6) is 5.75 Å². The summed E-state index contributed by atoms with van der Waals surface area (Å²) >= 11 is 0. The van der Waals surface area contributed by atoms with E-state index in [1.54, 1.807) is 6.20 Å². The lowest BCUT2D eigenvalue weighted by atomic mass is 10.1. The van der Waals surface area contributed by atoms with E-state index in [1.165, 1.54) is 0 Å². The Morgan fingerprint density at radius 1 is 1.05 bits per heavy atom. The van der Waals surface area contributed by atoms with E-state index >= 15 is 0 Å². The number of ether oxygens (including phenoxy) is 1. The third kappa shape index (κ3) is 3.05. The molecule has 21 heavy (non-hydrogen) atoms. The zero-order valence-electron chi connectivity index (χ0n) is 11.5. The summed E-state index contributed by atoms with van der Waals surface area (Å²) in [6, 6.07) is 17.3. The van der Waals surface area contributed by atoms with Gasteiger partial charge in [0, 0.05) is 17.1 Å². The predicted molar refractivity (Wildman–Crippen MR) is 82.6 cm³/mol. The van der Waals surface area contributed by atoms with E-state index in [1.807, 2.05) is 54.6 Å². The fraction of sp³-hybridized carbons (Fsp3) is 0.118. The Hall–Kier alpha value is -2.75. The molecule has 1 amide bonds. The summed E-state index contributed by atoms with van der Waals surface area (Å²) in [7, 11) is 0. The minimum absolute atomic E-state index is 0.0934. The van der Waals surface area contributed by atoms with E-state index < -0.39 is 0 Å². The molecule has 0 unspecified atom stereocenters. The van der Waals surface area contributed by atoms with E-state index in [0.29, 0.717) is 18.7 Å². The molecule has 1 heterocycles. The third-order valence-corrected chi connectivity index (χ3v) is 3.23. The molecule has 4 heteroatoms. The highest BCUT2D eigenvalue weighted by atomic mass is 16.5. The zero-order valence-corrected chi connectivity index (χ0v) is 11.5. The number of hydrogen-bond donors (Lipinski definition) is 2.